The highest BCUT2D eigenvalue weighted by atomic mass is 19.4. The first kappa shape index (κ1) is 23.1. The van der Waals surface area contributed by atoms with Crippen LogP contribution in [-0.4, -0.2) is 31.0 Å². The van der Waals surface area contributed by atoms with Crippen LogP contribution in [0.2, 0.25) is 0 Å². The van der Waals surface area contributed by atoms with Crippen molar-refractivity contribution in [2.24, 2.45) is 5.73 Å². The van der Waals surface area contributed by atoms with Gasteiger partial charge in [-0.1, -0.05) is 24.3 Å². The molecule has 2 rings (SSSR count). The number of nitrogens with two attached hydrogens (primary N) is 1. The molecule has 0 spiro atoms. The normalized spacial score (nSPS) is 26.6. The summed E-state index contributed by atoms with van der Waals surface area (Å²) in [6.45, 7) is 4.90. The molecule has 2 unspecified atom stereocenters. The van der Waals surface area contributed by atoms with E-state index in [4.69, 9.17) is 5.73 Å². The van der Waals surface area contributed by atoms with E-state index in [1.54, 1.807) is 6.92 Å². The molecule has 0 radical (unpaired) electrons. The molecule has 0 saturated carbocycles. The summed E-state index contributed by atoms with van der Waals surface area (Å²) in [5, 5.41) is 0. The fourth-order valence-corrected chi connectivity index (χ4v) is 3.92. The van der Waals surface area contributed by atoms with Crippen LogP contribution in [0.5, 0.6) is 0 Å². The number of nitrogens with zero attached hydrogens (tertiary/aromatic N) is 1. The van der Waals surface area contributed by atoms with E-state index >= 15 is 0 Å². The Morgan fingerprint density at radius 1 is 1.31 bits per heavy atom. The number of allylic oxidation sites excluding steroid dienone is 3. The summed E-state index contributed by atoms with van der Waals surface area (Å²) < 4.78 is 66.5. The average Bonchev–Trinajstić information content (AvgIpc) is 2.58. The molecule has 1 heterocycles. The van der Waals surface area contributed by atoms with Gasteiger partial charge in [-0.15, -0.1) is 0 Å². The number of benzene rings is 1. The van der Waals surface area contributed by atoms with Crippen LogP contribution in [0.3, 0.4) is 0 Å². The third kappa shape index (κ3) is 5.92. The molecule has 0 aromatic heterocycles. The molecule has 0 fully saturated rings. The van der Waals surface area contributed by atoms with Crippen LogP contribution in [0.25, 0.3) is 0 Å². The van der Waals surface area contributed by atoms with Gasteiger partial charge in [0.2, 0.25) is 6.43 Å². The Morgan fingerprint density at radius 2 is 2.00 bits per heavy atom. The molecule has 1 aromatic carbocycles. The molecule has 0 amide bonds. The Bertz CT molecular complexity index is 804. The number of halogens is 5. The quantitative estimate of drug-likeness (QED) is 0.480. The van der Waals surface area contributed by atoms with Gasteiger partial charge in [-0.25, -0.2) is 8.78 Å². The highest BCUT2D eigenvalue weighted by Crippen LogP contribution is 2.40. The number of alkyl halides is 5. The van der Waals surface area contributed by atoms with Crippen molar-refractivity contribution in [2.45, 2.75) is 45.3 Å². The first-order valence-electron chi connectivity index (χ1n) is 9.52. The largest absolute Gasteiger partial charge is 0.416 e. The number of hydrogen-bond acceptors (Lipinski definition) is 1. The summed E-state index contributed by atoms with van der Waals surface area (Å²) in [6, 6.07) is 2.87. The van der Waals surface area contributed by atoms with Crippen LogP contribution < -0.4 is 5.73 Å². The van der Waals surface area contributed by atoms with Crippen molar-refractivity contribution in [2.75, 3.05) is 20.1 Å². The first-order valence-corrected chi connectivity index (χ1v) is 9.52. The maximum absolute atomic E-state index is 13.2. The van der Waals surface area contributed by atoms with Crippen molar-refractivity contribution in [3.05, 3.63) is 70.5 Å². The van der Waals surface area contributed by atoms with Gasteiger partial charge in [0, 0.05) is 24.1 Å². The molecule has 2 nitrogen and oxygen atoms in total. The Morgan fingerprint density at radius 3 is 2.59 bits per heavy atom. The van der Waals surface area contributed by atoms with Gasteiger partial charge in [-0.3, -0.25) is 0 Å². The molecule has 1 aliphatic rings. The zero-order valence-electron chi connectivity index (χ0n) is 16.9. The minimum Gasteiger partial charge on any atom is -0.402 e. The van der Waals surface area contributed by atoms with Gasteiger partial charge in [0.25, 0.3) is 0 Å². The lowest BCUT2D eigenvalue weighted by Gasteiger charge is -2.43. The highest BCUT2D eigenvalue weighted by Gasteiger charge is 2.38. The predicted molar refractivity (Wildman–Crippen MR) is 105 cm³/mol. The topological polar surface area (TPSA) is 26.0 Å². The highest BCUT2D eigenvalue weighted by molar-refractivity contribution is 5.39. The van der Waals surface area contributed by atoms with E-state index in [9.17, 15) is 22.0 Å². The van der Waals surface area contributed by atoms with Crippen LogP contribution in [0.1, 0.15) is 43.0 Å². The zero-order valence-corrected chi connectivity index (χ0v) is 16.9. The van der Waals surface area contributed by atoms with Gasteiger partial charge in [0.15, 0.2) is 0 Å². The van der Waals surface area contributed by atoms with Gasteiger partial charge in [0.05, 0.1) is 25.7 Å². The zero-order chi connectivity index (χ0) is 21.8. The van der Waals surface area contributed by atoms with Crippen LogP contribution in [0.15, 0.2) is 53.8 Å². The fourth-order valence-electron chi connectivity index (χ4n) is 3.92. The van der Waals surface area contributed by atoms with E-state index in [-0.39, 0.29) is 11.6 Å². The lowest BCUT2D eigenvalue weighted by atomic mass is 9.88. The second kappa shape index (κ2) is 9.11. The maximum Gasteiger partial charge on any atom is 0.416 e. The van der Waals surface area contributed by atoms with E-state index in [0.29, 0.717) is 28.8 Å². The fraction of sp³-hybridized carbons (Fsp3) is 0.455. The summed E-state index contributed by atoms with van der Waals surface area (Å²) in [5.74, 6) is 0. The van der Waals surface area contributed by atoms with Gasteiger partial charge in [-0.2, -0.15) is 13.2 Å². The lowest BCUT2D eigenvalue weighted by molar-refractivity contribution is -0.928. The molecular weight excluding hydrogens is 387 g/mol. The third-order valence-corrected chi connectivity index (χ3v) is 5.33. The van der Waals surface area contributed by atoms with E-state index in [1.165, 1.54) is 6.07 Å². The van der Waals surface area contributed by atoms with Gasteiger partial charge in [0.1, 0.15) is 6.04 Å². The van der Waals surface area contributed by atoms with Crippen molar-refractivity contribution in [1.29, 1.82) is 0 Å². The second-order valence-corrected chi connectivity index (χ2v) is 7.87. The molecule has 2 atom stereocenters. The van der Waals surface area contributed by atoms with Crippen molar-refractivity contribution in [3.8, 4) is 0 Å². The Labute approximate surface area is 168 Å². The number of hydrogen-bond donors (Lipinski definition) is 1. The van der Waals surface area contributed by atoms with E-state index in [2.05, 4.69) is 0 Å². The summed E-state index contributed by atoms with van der Waals surface area (Å²) in [4.78, 5) is 0. The number of quaternary nitrogens is 1. The molecule has 2 N–H and O–H groups in total. The molecular formula is C22H28F5N2+. The molecule has 0 saturated heterocycles. The van der Waals surface area contributed by atoms with Crippen molar-refractivity contribution in [1.82, 2.24) is 0 Å². The molecule has 7 heteroatoms. The Kier molecular flexibility index (Phi) is 7.27. The van der Waals surface area contributed by atoms with Crippen LogP contribution >= 0.6 is 0 Å². The van der Waals surface area contributed by atoms with Crippen LogP contribution in [-0.2, 0) is 12.6 Å². The average molecular weight is 415 g/mol. The predicted octanol–water partition coefficient (Wildman–Crippen LogP) is 5.77. The van der Waals surface area contributed by atoms with Crippen LogP contribution in [0, 0.1) is 0 Å². The lowest BCUT2D eigenvalue weighted by Crippen LogP contribution is -2.49. The second-order valence-electron chi connectivity index (χ2n) is 7.87. The molecule has 29 heavy (non-hydrogen) atoms. The summed E-state index contributed by atoms with van der Waals surface area (Å²) in [6.07, 6.45) is 0.450. The SMILES string of the molecule is C/C(N)=C\C[N+]1(C)CC/C=C\C=C(/C)C1c1ccc(C(F)(F)F)cc1CC(F)F. The third-order valence-electron chi connectivity index (χ3n) is 5.33. The minimum absolute atomic E-state index is 0.0370. The van der Waals surface area contributed by atoms with Crippen molar-refractivity contribution in [3.63, 3.8) is 0 Å². The minimum atomic E-state index is -4.58. The summed E-state index contributed by atoms with van der Waals surface area (Å²) in [5.41, 5.74) is 7.00. The molecule has 1 aromatic rings. The summed E-state index contributed by atoms with van der Waals surface area (Å²) in [7, 11) is 1.99. The first-order chi connectivity index (χ1) is 13.4. The van der Waals surface area contributed by atoms with E-state index in [1.807, 2.05) is 38.3 Å². The monoisotopic (exact) mass is 415 g/mol. The van der Waals surface area contributed by atoms with Crippen molar-refractivity contribution < 1.29 is 26.4 Å². The smallest absolute Gasteiger partial charge is 0.402 e. The van der Waals surface area contributed by atoms with Crippen LogP contribution in [0.4, 0.5) is 22.0 Å². The van der Waals surface area contributed by atoms with E-state index in [0.717, 1.165) is 24.1 Å². The molecule has 1 aliphatic heterocycles. The summed E-state index contributed by atoms with van der Waals surface area (Å²) >= 11 is 0. The Balaban J connectivity index is 2.67. The maximum atomic E-state index is 13.2. The molecule has 160 valence electrons. The standard InChI is InChI=1S/C22H28F5N2/c1-15-7-5-4-6-11-29(3,12-10-16(2)28)21(15)19-9-8-18(22(25,26)27)13-17(19)14-20(23)24/h4-5,7-10,13,20-21H,6,11-12,14,28H2,1-3H3/q+1/b5-4-,15-7+,16-10+. The molecule has 0 bridgehead atoms. The van der Waals surface area contributed by atoms with Gasteiger partial charge >= 0.3 is 6.18 Å². The Hall–Kier alpha value is -2.15. The molecule has 0 aliphatic carbocycles. The number of likely N-dealkylation sites (N-methyl/N-ethyl adjacent to an activating group) is 1. The number of rotatable bonds is 5. The van der Waals surface area contributed by atoms with E-state index < -0.39 is 24.6 Å². The van der Waals surface area contributed by atoms with Crippen molar-refractivity contribution >= 4 is 0 Å². The van der Waals surface area contributed by atoms with Gasteiger partial charge in [-0.05, 0) is 43.2 Å². The van der Waals surface area contributed by atoms with Gasteiger partial charge < -0.3 is 10.2 Å².